The molecular formula is C20H30FNO2. The lowest BCUT2D eigenvalue weighted by atomic mass is 9.85. The molecule has 0 aliphatic carbocycles. The first kappa shape index (κ1) is 18.8. The molecular weight excluding hydrogens is 305 g/mol. The van der Waals surface area contributed by atoms with Crippen LogP contribution in [0, 0.1) is 11.2 Å². The van der Waals surface area contributed by atoms with Gasteiger partial charge < -0.3 is 9.64 Å². The van der Waals surface area contributed by atoms with Gasteiger partial charge in [0, 0.05) is 24.6 Å². The van der Waals surface area contributed by atoms with Gasteiger partial charge in [0.05, 0.1) is 7.11 Å². The zero-order chi connectivity index (χ0) is 18.1. The standard InChI is InChI=1S/C20H30FNO2/c1-13(2)15-11-16(17(21)12-18(15)24-6)14-7-9-22(10-8-14)19(23)20(3,4)5/h11-14H,7-10H2,1-6H3. The van der Waals surface area contributed by atoms with Gasteiger partial charge in [0.1, 0.15) is 11.6 Å². The number of methoxy groups -OCH3 is 1. The van der Waals surface area contributed by atoms with Crippen LogP contribution >= 0.6 is 0 Å². The summed E-state index contributed by atoms with van der Waals surface area (Å²) >= 11 is 0. The highest BCUT2D eigenvalue weighted by Gasteiger charge is 2.31. The fourth-order valence-corrected chi connectivity index (χ4v) is 3.40. The molecule has 0 bridgehead atoms. The van der Waals surface area contributed by atoms with E-state index >= 15 is 0 Å². The topological polar surface area (TPSA) is 29.5 Å². The van der Waals surface area contributed by atoms with Crippen LogP contribution in [0.4, 0.5) is 4.39 Å². The van der Waals surface area contributed by atoms with E-state index in [-0.39, 0.29) is 29.0 Å². The van der Waals surface area contributed by atoms with Gasteiger partial charge in [-0.1, -0.05) is 34.6 Å². The molecule has 1 aliphatic rings. The van der Waals surface area contributed by atoms with Crippen LogP contribution in [0.5, 0.6) is 5.75 Å². The Labute approximate surface area is 145 Å². The molecule has 0 atom stereocenters. The van der Waals surface area contributed by atoms with Crippen molar-refractivity contribution in [3.8, 4) is 5.75 Å². The Morgan fingerprint density at radius 2 is 1.83 bits per heavy atom. The van der Waals surface area contributed by atoms with Crippen LogP contribution in [0.15, 0.2) is 12.1 Å². The molecule has 1 aromatic carbocycles. The maximum Gasteiger partial charge on any atom is 0.227 e. The molecule has 1 fully saturated rings. The van der Waals surface area contributed by atoms with E-state index < -0.39 is 0 Å². The molecule has 0 spiro atoms. The van der Waals surface area contributed by atoms with Crippen LogP contribution in [-0.2, 0) is 4.79 Å². The Morgan fingerprint density at radius 1 is 1.25 bits per heavy atom. The Balaban J connectivity index is 2.17. The fraction of sp³-hybridized carbons (Fsp3) is 0.650. The molecule has 0 unspecified atom stereocenters. The van der Waals surface area contributed by atoms with Crippen LogP contribution in [0.25, 0.3) is 0 Å². The normalized spacial score (nSPS) is 16.6. The number of amides is 1. The van der Waals surface area contributed by atoms with Crippen molar-refractivity contribution in [1.29, 1.82) is 0 Å². The number of hydrogen-bond acceptors (Lipinski definition) is 2. The highest BCUT2D eigenvalue weighted by Crippen LogP contribution is 2.36. The Bertz CT molecular complexity index is 596. The van der Waals surface area contributed by atoms with Gasteiger partial charge >= 0.3 is 0 Å². The second-order valence-corrected chi connectivity index (χ2v) is 8.09. The third kappa shape index (κ3) is 3.90. The van der Waals surface area contributed by atoms with Gasteiger partial charge in [-0.2, -0.15) is 0 Å². The van der Waals surface area contributed by atoms with Crippen molar-refractivity contribution in [3.05, 3.63) is 29.1 Å². The first-order chi connectivity index (χ1) is 11.1. The summed E-state index contributed by atoms with van der Waals surface area (Å²) in [5, 5.41) is 0. The second-order valence-electron chi connectivity index (χ2n) is 8.09. The molecule has 1 heterocycles. The first-order valence-electron chi connectivity index (χ1n) is 8.81. The minimum atomic E-state index is -0.358. The van der Waals surface area contributed by atoms with Gasteiger partial charge in [-0.05, 0) is 41.9 Å². The van der Waals surface area contributed by atoms with Gasteiger partial charge in [-0.3, -0.25) is 4.79 Å². The second kappa shape index (κ2) is 7.12. The van der Waals surface area contributed by atoms with Gasteiger partial charge in [0.15, 0.2) is 0 Å². The number of likely N-dealkylation sites (tertiary alicyclic amines) is 1. The number of benzene rings is 1. The number of carbonyl (C=O) groups is 1. The molecule has 1 aliphatic heterocycles. The van der Waals surface area contributed by atoms with Crippen molar-refractivity contribution in [2.45, 2.75) is 59.3 Å². The van der Waals surface area contributed by atoms with E-state index in [1.807, 2.05) is 31.7 Å². The fourth-order valence-electron chi connectivity index (χ4n) is 3.40. The Kier molecular flexibility index (Phi) is 5.56. The van der Waals surface area contributed by atoms with Crippen LogP contribution in [-0.4, -0.2) is 31.0 Å². The number of rotatable bonds is 3. The lowest BCUT2D eigenvalue weighted by molar-refractivity contribution is -0.140. The van der Waals surface area contributed by atoms with Gasteiger partial charge in [0.25, 0.3) is 0 Å². The highest BCUT2D eigenvalue weighted by molar-refractivity contribution is 5.81. The molecule has 134 valence electrons. The zero-order valence-electron chi connectivity index (χ0n) is 15.8. The summed E-state index contributed by atoms with van der Waals surface area (Å²) in [5.41, 5.74) is 1.45. The molecule has 1 aromatic rings. The van der Waals surface area contributed by atoms with Crippen molar-refractivity contribution in [1.82, 2.24) is 4.90 Å². The summed E-state index contributed by atoms with van der Waals surface area (Å²) in [6.07, 6.45) is 1.62. The molecule has 0 N–H and O–H groups in total. The van der Waals surface area contributed by atoms with E-state index in [1.165, 1.54) is 6.07 Å². The predicted octanol–water partition coefficient (Wildman–Crippen LogP) is 4.71. The lowest BCUT2D eigenvalue weighted by Crippen LogP contribution is -2.43. The van der Waals surface area contributed by atoms with Crippen LogP contribution in [0.3, 0.4) is 0 Å². The van der Waals surface area contributed by atoms with E-state index in [4.69, 9.17) is 4.74 Å². The van der Waals surface area contributed by atoms with Gasteiger partial charge in [0.2, 0.25) is 5.91 Å². The maximum atomic E-state index is 14.5. The van der Waals surface area contributed by atoms with Crippen LogP contribution in [0.1, 0.15) is 70.4 Å². The summed E-state index contributed by atoms with van der Waals surface area (Å²) in [4.78, 5) is 14.3. The van der Waals surface area contributed by atoms with Crippen molar-refractivity contribution in [2.75, 3.05) is 20.2 Å². The Hall–Kier alpha value is -1.58. The van der Waals surface area contributed by atoms with Crippen LogP contribution < -0.4 is 4.74 Å². The number of hydrogen-bond donors (Lipinski definition) is 0. The smallest absolute Gasteiger partial charge is 0.227 e. The highest BCUT2D eigenvalue weighted by atomic mass is 19.1. The molecule has 1 saturated heterocycles. The van der Waals surface area contributed by atoms with E-state index in [0.29, 0.717) is 18.8 Å². The summed E-state index contributed by atoms with van der Waals surface area (Å²) in [7, 11) is 1.58. The van der Waals surface area contributed by atoms with Crippen molar-refractivity contribution in [3.63, 3.8) is 0 Å². The monoisotopic (exact) mass is 335 g/mol. The molecule has 4 heteroatoms. The number of ether oxygens (including phenoxy) is 1. The van der Waals surface area contributed by atoms with Crippen LogP contribution in [0.2, 0.25) is 0 Å². The quantitative estimate of drug-likeness (QED) is 0.800. The number of nitrogens with zero attached hydrogens (tertiary/aromatic N) is 1. The summed E-state index contributed by atoms with van der Waals surface area (Å²) in [6.45, 7) is 11.4. The average molecular weight is 335 g/mol. The predicted molar refractivity (Wildman–Crippen MR) is 95.1 cm³/mol. The molecule has 3 nitrogen and oxygen atoms in total. The molecule has 24 heavy (non-hydrogen) atoms. The molecule has 0 radical (unpaired) electrons. The van der Waals surface area contributed by atoms with Gasteiger partial charge in [-0.15, -0.1) is 0 Å². The number of halogens is 1. The van der Waals surface area contributed by atoms with E-state index in [9.17, 15) is 9.18 Å². The van der Waals surface area contributed by atoms with E-state index in [1.54, 1.807) is 7.11 Å². The van der Waals surface area contributed by atoms with E-state index in [2.05, 4.69) is 13.8 Å². The SMILES string of the molecule is COc1cc(F)c(C2CCN(C(=O)C(C)(C)C)CC2)cc1C(C)C. The molecule has 0 aromatic heterocycles. The third-order valence-electron chi connectivity index (χ3n) is 4.83. The minimum absolute atomic E-state index is 0.164. The molecule has 1 amide bonds. The van der Waals surface area contributed by atoms with E-state index in [0.717, 1.165) is 24.0 Å². The first-order valence-corrected chi connectivity index (χ1v) is 8.81. The maximum absolute atomic E-state index is 14.5. The summed E-state index contributed by atoms with van der Waals surface area (Å²) in [6, 6.07) is 3.47. The minimum Gasteiger partial charge on any atom is -0.496 e. The third-order valence-corrected chi connectivity index (χ3v) is 4.83. The number of piperidine rings is 1. The number of carbonyl (C=O) groups excluding carboxylic acids is 1. The summed E-state index contributed by atoms with van der Waals surface area (Å²) in [5.74, 6) is 1.04. The van der Waals surface area contributed by atoms with Gasteiger partial charge in [-0.25, -0.2) is 4.39 Å². The Morgan fingerprint density at radius 3 is 2.29 bits per heavy atom. The van der Waals surface area contributed by atoms with Crippen molar-refractivity contribution in [2.24, 2.45) is 5.41 Å². The zero-order valence-corrected chi connectivity index (χ0v) is 15.8. The molecule has 2 rings (SSSR count). The van der Waals surface area contributed by atoms with Crippen molar-refractivity contribution < 1.29 is 13.9 Å². The van der Waals surface area contributed by atoms with Crippen molar-refractivity contribution >= 4 is 5.91 Å². The largest absolute Gasteiger partial charge is 0.496 e. The summed E-state index contributed by atoms with van der Waals surface area (Å²) < 4.78 is 19.9. The average Bonchev–Trinajstić information content (AvgIpc) is 2.52. The lowest BCUT2D eigenvalue weighted by Gasteiger charge is -2.36. The molecule has 0 saturated carbocycles.